The smallest absolute Gasteiger partial charge is 0.256 e. The largest absolute Gasteiger partial charge is 0.338 e. The van der Waals surface area contributed by atoms with Gasteiger partial charge < -0.3 is 10.2 Å². The SMILES string of the molecule is Cc1nc2cc(F)cc(C(=O)N3C[C@H]4CNC[C@H]4C3)c2nc1C. The van der Waals surface area contributed by atoms with Crippen LogP contribution in [-0.2, 0) is 0 Å². The molecule has 2 fully saturated rings. The number of carbonyl (C=O) groups is 1. The summed E-state index contributed by atoms with van der Waals surface area (Å²) < 4.78 is 14.0. The maximum absolute atomic E-state index is 14.0. The van der Waals surface area contributed by atoms with Gasteiger partial charge >= 0.3 is 0 Å². The molecule has 0 unspecified atom stereocenters. The van der Waals surface area contributed by atoms with Crippen LogP contribution in [0.5, 0.6) is 0 Å². The van der Waals surface area contributed by atoms with Gasteiger partial charge in [0, 0.05) is 32.2 Å². The molecule has 0 aliphatic carbocycles. The van der Waals surface area contributed by atoms with Crippen molar-refractivity contribution in [3.05, 3.63) is 34.9 Å². The zero-order chi connectivity index (χ0) is 16.1. The number of halogens is 1. The van der Waals surface area contributed by atoms with Crippen molar-refractivity contribution in [1.29, 1.82) is 0 Å². The van der Waals surface area contributed by atoms with E-state index in [2.05, 4.69) is 15.3 Å². The summed E-state index contributed by atoms with van der Waals surface area (Å²) in [4.78, 5) is 23.6. The van der Waals surface area contributed by atoms with E-state index in [1.165, 1.54) is 12.1 Å². The lowest BCUT2D eigenvalue weighted by Crippen LogP contribution is -2.32. The molecule has 3 heterocycles. The van der Waals surface area contributed by atoms with Crippen molar-refractivity contribution in [2.75, 3.05) is 26.2 Å². The molecule has 5 nitrogen and oxygen atoms in total. The Bertz CT molecular complexity index is 795. The molecule has 4 rings (SSSR count). The highest BCUT2D eigenvalue weighted by Gasteiger charge is 2.38. The van der Waals surface area contributed by atoms with Gasteiger partial charge in [-0.25, -0.2) is 14.4 Å². The number of rotatable bonds is 1. The van der Waals surface area contributed by atoms with Crippen LogP contribution in [0.3, 0.4) is 0 Å². The molecule has 1 N–H and O–H groups in total. The van der Waals surface area contributed by atoms with E-state index in [9.17, 15) is 9.18 Å². The molecule has 120 valence electrons. The van der Waals surface area contributed by atoms with Crippen LogP contribution in [0.1, 0.15) is 21.7 Å². The Morgan fingerprint density at radius 2 is 1.83 bits per heavy atom. The molecule has 2 atom stereocenters. The molecule has 1 aromatic carbocycles. The van der Waals surface area contributed by atoms with E-state index in [-0.39, 0.29) is 5.91 Å². The summed E-state index contributed by atoms with van der Waals surface area (Å²) in [5, 5.41) is 3.36. The number of benzene rings is 1. The van der Waals surface area contributed by atoms with Gasteiger partial charge in [0.25, 0.3) is 5.91 Å². The van der Waals surface area contributed by atoms with E-state index in [1.54, 1.807) is 0 Å². The highest BCUT2D eigenvalue weighted by molar-refractivity contribution is 6.04. The van der Waals surface area contributed by atoms with Gasteiger partial charge in [-0.1, -0.05) is 0 Å². The molecule has 6 heteroatoms. The molecule has 0 saturated carbocycles. The second-order valence-electron chi connectivity index (χ2n) is 6.60. The van der Waals surface area contributed by atoms with Gasteiger partial charge in [-0.3, -0.25) is 4.79 Å². The Kier molecular flexibility index (Phi) is 3.30. The van der Waals surface area contributed by atoms with Gasteiger partial charge in [0.2, 0.25) is 0 Å². The Morgan fingerprint density at radius 1 is 1.17 bits per heavy atom. The van der Waals surface area contributed by atoms with Gasteiger partial charge in [0.15, 0.2) is 0 Å². The standard InChI is InChI=1S/C17H19FN4O/c1-9-10(2)21-16-14(3-13(18)4-15(16)20-9)17(23)22-7-11-5-19-6-12(11)8-22/h3-4,11-12,19H,5-8H2,1-2H3/t11-,12+. The van der Waals surface area contributed by atoms with Crippen LogP contribution in [-0.4, -0.2) is 47.0 Å². The Balaban J connectivity index is 1.76. The van der Waals surface area contributed by atoms with Crippen molar-refractivity contribution in [1.82, 2.24) is 20.2 Å². The highest BCUT2D eigenvalue weighted by Crippen LogP contribution is 2.29. The van der Waals surface area contributed by atoms with E-state index in [1.807, 2.05) is 18.7 Å². The third-order valence-electron chi connectivity index (χ3n) is 5.05. The molecule has 2 saturated heterocycles. The van der Waals surface area contributed by atoms with Crippen LogP contribution in [0.25, 0.3) is 11.0 Å². The van der Waals surface area contributed by atoms with Crippen molar-refractivity contribution >= 4 is 16.9 Å². The van der Waals surface area contributed by atoms with Crippen molar-refractivity contribution in [2.45, 2.75) is 13.8 Å². The third-order valence-corrected chi connectivity index (χ3v) is 5.05. The van der Waals surface area contributed by atoms with Crippen LogP contribution in [0.4, 0.5) is 4.39 Å². The van der Waals surface area contributed by atoms with Crippen LogP contribution >= 0.6 is 0 Å². The minimum absolute atomic E-state index is 0.138. The molecular weight excluding hydrogens is 295 g/mol. The first-order valence-electron chi connectivity index (χ1n) is 7.97. The van der Waals surface area contributed by atoms with Crippen molar-refractivity contribution in [3.8, 4) is 0 Å². The van der Waals surface area contributed by atoms with Crippen LogP contribution < -0.4 is 5.32 Å². The van der Waals surface area contributed by atoms with Crippen LogP contribution in [0.15, 0.2) is 12.1 Å². The van der Waals surface area contributed by atoms with E-state index in [0.29, 0.717) is 28.4 Å². The number of likely N-dealkylation sites (tertiary alicyclic amines) is 1. The number of hydrogen-bond acceptors (Lipinski definition) is 4. The summed E-state index contributed by atoms with van der Waals surface area (Å²) >= 11 is 0. The fraction of sp³-hybridized carbons (Fsp3) is 0.471. The van der Waals surface area contributed by atoms with Gasteiger partial charge in [-0.2, -0.15) is 0 Å². The summed E-state index contributed by atoms with van der Waals surface area (Å²) in [5.41, 5.74) is 2.78. The quantitative estimate of drug-likeness (QED) is 0.870. The fourth-order valence-electron chi connectivity index (χ4n) is 3.65. The number of amides is 1. The molecule has 1 aromatic heterocycles. The zero-order valence-corrected chi connectivity index (χ0v) is 13.3. The maximum Gasteiger partial charge on any atom is 0.256 e. The lowest BCUT2D eigenvalue weighted by molar-refractivity contribution is 0.0783. The second kappa shape index (κ2) is 5.23. The number of fused-ring (bicyclic) bond motifs is 2. The summed E-state index contributed by atoms with van der Waals surface area (Å²) in [6.07, 6.45) is 0. The molecular formula is C17H19FN4O. The molecule has 0 spiro atoms. The molecule has 0 radical (unpaired) electrons. The lowest BCUT2D eigenvalue weighted by atomic mass is 10.0. The first-order valence-corrected chi connectivity index (χ1v) is 7.97. The van der Waals surface area contributed by atoms with Gasteiger partial charge in [-0.15, -0.1) is 0 Å². The Morgan fingerprint density at radius 3 is 2.52 bits per heavy atom. The number of aryl methyl sites for hydroxylation is 2. The zero-order valence-electron chi connectivity index (χ0n) is 13.3. The van der Waals surface area contributed by atoms with Crippen molar-refractivity contribution in [2.24, 2.45) is 11.8 Å². The Hall–Kier alpha value is -2.08. The summed E-state index contributed by atoms with van der Waals surface area (Å²) in [6, 6.07) is 2.63. The average Bonchev–Trinajstić information content (AvgIpc) is 3.09. The molecule has 2 aliphatic rings. The van der Waals surface area contributed by atoms with Crippen molar-refractivity contribution < 1.29 is 9.18 Å². The minimum atomic E-state index is -0.445. The van der Waals surface area contributed by atoms with Gasteiger partial charge in [-0.05, 0) is 31.7 Å². The molecule has 2 aliphatic heterocycles. The number of nitrogens with one attached hydrogen (secondary N) is 1. The average molecular weight is 314 g/mol. The second-order valence-corrected chi connectivity index (χ2v) is 6.60. The minimum Gasteiger partial charge on any atom is -0.338 e. The van der Waals surface area contributed by atoms with Crippen LogP contribution in [0.2, 0.25) is 0 Å². The first kappa shape index (κ1) is 14.5. The fourth-order valence-corrected chi connectivity index (χ4v) is 3.65. The predicted octanol–water partition coefficient (Wildman–Crippen LogP) is 1.68. The van der Waals surface area contributed by atoms with Crippen LogP contribution in [0, 0.1) is 31.5 Å². The Labute approximate surface area is 133 Å². The maximum atomic E-state index is 14.0. The molecule has 2 aromatic rings. The van der Waals surface area contributed by atoms with E-state index in [0.717, 1.165) is 37.6 Å². The normalized spacial score (nSPS) is 23.5. The van der Waals surface area contributed by atoms with Gasteiger partial charge in [0.1, 0.15) is 11.3 Å². The molecule has 1 amide bonds. The topological polar surface area (TPSA) is 58.1 Å². The third kappa shape index (κ3) is 2.37. The van der Waals surface area contributed by atoms with E-state index < -0.39 is 5.82 Å². The van der Waals surface area contributed by atoms with E-state index >= 15 is 0 Å². The highest BCUT2D eigenvalue weighted by atomic mass is 19.1. The number of carbonyl (C=O) groups excluding carboxylic acids is 1. The lowest BCUT2D eigenvalue weighted by Gasteiger charge is -2.18. The van der Waals surface area contributed by atoms with Crippen molar-refractivity contribution in [3.63, 3.8) is 0 Å². The van der Waals surface area contributed by atoms with E-state index in [4.69, 9.17) is 0 Å². The monoisotopic (exact) mass is 314 g/mol. The van der Waals surface area contributed by atoms with Gasteiger partial charge in [0.05, 0.1) is 22.5 Å². The first-order chi connectivity index (χ1) is 11.0. The number of nitrogens with zero attached hydrogens (tertiary/aromatic N) is 3. The predicted molar refractivity (Wildman–Crippen MR) is 84.7 cm³/mol. The summed E-state index contributed by atoms with van der Waals surface area (Å²) in [5.74, 6) is 0.434. The summed E-state index contributed by atoms with van der Waals surface area (Å²) in [6.45, 7) is 7.06. The summed E-state index contributed by atoms with van der Waals surface area (Å²) in [7, 11) is 0. The number of aromatic nitrogens is 2. The number of hydrogen-bond donors (Lipinski definition) is 1. The molecule has 23 heavy (non-hydrogen) atoms. The molecule has 0 bridgehead atoms.